The SMILES string of the molecule is COc1ccc(C2(O)OC(=O)C(c3ccc4nsnc4c3)=C2Cc2ccc3c(c2)N(C)CCO3)cc1C. The molecule has 0 amide bonds. The van der Waals surface area contributed by atoms with Gasteiger partial charge in [0.2, 0.25) is 0 Å². The number of rotatable bonds is 5. The van der Waals surface area contributed by atoms with Gasteiger partial charge in [0.25, 0.3) is 5.79 Å². The van der Waals surface area contributed by atoms with Crippen LogP contribution in [0.3, 0.4) is 0 Å². The second-order valence-electron chi connectivity index (χ2n) is 9.29. The Morgan fingerprint density at radius 3 is 2.76 bits per heavy atom. The van der Waals surface area contributed by atoms with Crippen LogP contribution in [0.1, 0.15) is 22.3 Å². The van der Waals surface area contributed by atoms with E-state index in [0.717, 1.165) is 46.4 Å². The highest BCUT2D eigenvalue weighted by molar-refractivity contribution is 7.00. The number of benzene rings is 3. The van der Waals surface area contributed by atoms with Crippen molar-refractivity contribution < 1.29 is 24.1 Å². The molecular formula is C28H25N3O5S. The van der Waals surface area contributed by atoms with Gasteiger partial charge in [0.15, 0.2) is 0 Å². The third-order valence-electron chi connectivity index (χ3n) is 6.98. The highest BCUT2D eigenvalue weighted by Crippen LogP contribution is 2.46. The number of methoxy groups -OCH3 is 1. The van der Waals surface area contributed by atoms with Gasteiger partial charge in [-0.3, -0.25) is 0 Å². The van der Waals surface area contributed by atoms with Gasteiger partial charge in [-0.05, 0) is 66.1 Å². The molecule has 0 bridgehead atoms. The van der Waals surface area contributed by atoms with Gasteiger partial charge in [0, 0.05) is 24.6 Å². The Kier molecular flexibility index (Phi) is 5.62. The van der Waals surface area contributed by atoms with Crippen molar-refractivity contribution in [1.82, 2.24) is 8.75 Å². The van der Waals surface area contributed by atoms with Gasteiger partial charge in [0.1, 0.15) is 29.1 Å². The van der Waals surface area contributed by atoms with Gasteiger partial charge >= 0.3 is 5.97 Å². The van der Waals surface area contributed by atoms with Crippen molar-refractivity contribution in [2.75, 3.05) is 32.2 Å². The van der Waals surface area contributed by atoms with Gasteiger partial charge in [-0.1, -0.05) is 12.1 Å². The van der Waals surface area contributed by atoms with Crippen LogP contribution < -0.4 is 14.4 Å². The maximum absolute atomic E-state index is 13.4. The molecule has 3 aromatic carbocycles. The first kappa shape index (κ1) is 23.4. The lowest BCUT2D eigenvalue weighted by atomic mass is 9.87. The number of esters is 1. The number of aromatic nitrogens is 2. The largest absolute Gasteiger partial charge is 0.496 e. The first-order valence-corrected chi connectivity index (χ1v) is 12.6. The lowest BCUT2D eigenvalue weighted by Crippen LogP contribution is -2.30. The topological polar surface area (TPSA) is 94.0 Å². The molecule has 0 radical (unpaired) electrons. The molecule has 37 heavy (non-hydrogen) atoms. The van der Waals surface area contributed by atoms with Crippen LogP contribution in [-0.2, 0) is 21.7 Å². The van der Waals surface area contributed by atoms with Crippen molar-refractivity contribution in [2.45, 2.75) is 19.1 Å². The highest BCUT2D eigenvalue weighted by atomic mass is 32.1. The van der Waals surface area contributed by atoms with E-state index in [4.69, 9.17) is 14.2 Å². The van der Waals surface area contributed by atoms with Crippen LogP contribution in [-0.4, -0.2) is 47.1 Å². The number of aryl methyl sites for hydroxylation is 1. The van der Waals surface area contributed by atoms with E-state index in [-0.39, 0.29) is 6.42 Å². The monoisotopic (exact) mass is 515 g/mol. The summed E-state index contributed by atoms with van der Waals surface area (Å²) in [6, 6.07) is 16.7. The minimum atomic E-state index is -1.95. The molecule has 0 fully saturated rings. The van der Waals surface area contributed by atoms with Gasteiger partial charge in [-0.25, -0.2) is 4.79 Å². The molecule has 8 nitrogen and oxygen atoms in total. The number of ether oxygens (including phenoxy) is 3. The van der Waals surface area contributed by atoms with E-state index in [1.807, 2.05) is 50.4 Å². The molecule has 2 aliphatic rings. The predicted molar refractivity (Wildman–Crippen MR) is 141 cm³/mol. The zero-order chi connectivity index (χ0) is 25.7. The average molecular weight is 516 g/mol. The number of cyclic esters (lactones) is 1. The maximum Gasteiger partial charge on any atom is 0.342 e. The van der Waals surface area contributed by atoms with Crippen LogP contribution in [0.2, 0.25) is 0 Å². The smallest absolute Gasteiger partial charge is 0.342 e. The molecule has 1 atom stereocenters. The van der Waals surface area contributed by atoms with E-state index in [2.05, 4.69) is 13.6 Å². The van der Waals surface area contributed by atoms with Gasteiger partial charge in [-0.15, -0.1) is 0 Å². The molecule has 9 heteroatoms. The van der Waals surface area contributed by atoms with Crippen molar-refractivity contribution >= 4 is 40.0 Å². The predicted octanol–water partition coefficient (Wildman–Crippen LogP) is 4.24. The quantitative estimate of drug-likeness (QED) is 0.395. The maximum atomic E-state index is 13.4. The highest BCUT2D eigenvalue weighted by Gasteiger charge is 2.48. The summed E-state index contributed by atoms with van der Waals surface area (Å²) in [5.41, 5.74) is 6.01. The number of fused-ring (bicyclic) bond motifs is 2. The first-order valence-electron chi connectivity index (χ1n) is 11.9. The summed E-state index contributed by atoms with van der Waals surface area (Å²) in [5.74, 6) is -1.04. The van der Waals surface area contributed by atoms with E-state index in [1.165, 1.54) is 0 Å². The minimum absolute atomic E-state index is 0.289. The summed E-state index contributed by atoms with van der Waals surface area (Å²) in [6.07, 6.45) is 0.289. The number of carbonyl (C=O) groups excluding carboxylic acids is 1. The molecule has 0 saturated heterocycles. The number of aliphatic hydroxyl groups is 1. The standard InChI is InChI=1S/C28H25N3O5S/c1-16-12-19(6-9-24(16)34-3)28(33)20(13-17-4-8-25-23(14-17)31(2)10-11-35-25)26(27(32)36-28)18-5-7-21-22(15-18)30-37-29-21/h4-9,12,14-15,33H,10-11,13H2,1-3H3. The summed E-state index contributed by atoms with van der Waals surface area (Å²) in [4.78, 5) is 15.5. The van der Waals surface area contributed by atoms with Gasteiger partial charge in [-0.2, -0.15) is 8.75 Å². The van der Waals surface area contributed by atoms with E-state index >= 15 is 0 Å². The third-order valence-corrected chi connectivity index (χ3v) is 7.54. The molecule has 3 heterocycles. The molecule has 6 rings (SSSR count). The molecule has 4 aromatic rings. The molecular weight excluding hydrogens is 490 g/mol. The van der Waals surface area contributed by atoms with E-state index in [1.54, 1.807) is 25.3 Å². The molecule has 1 unspecified atom stereocenters. The molecule has 0 spiro atoms. The van der Waals surface area contributed by atoms with Crippen molar-refractivity contribution in [3.8, 4) is 11.5 Å². The molecule has 188 valence electrons. The average Bonchev–Trinajstić information content (AvgIpc) is 3.46. The Balaban J connectivity index is 1.52. The number of hydrogen-bond acceptors (Lipinski definition) is 9. The number of carbonyl (C=O) groups is 1. The summed E-state index contributed by atoms with van der Waals surface area (Å²) < 4.78 is 25.6. The molecule has 0 saturated carbocycles. The zero-order valence-electron chi connectivity index (χ0n) is 20.6. The van der Waals surface area contributed by atoms with Crippen LogP contribution in [0.15, 0.2) is 60.2 Å². The van der Waals surface area contributed by atoms with Crippen molar-refractivity contribution in [1.29, 1.82) is 0 Å². The summed E-state index contributed by atoms with van der Waals surface area (Å²) in [5, 5.41) is 12.0. The van der Waals surface area contributed by atoms with Gasteiger partial charge < -0.3 is 24.2 Å². The van der Waals surface area contributed by atoms with E-state index in [9.17, 15) is 9.90 Å². The number of hydrogen-bond donors (Lipinski definition) is 1. The van der Waals surface area contributed by atoms with Crippen LogP contribution in [0.4, 0.5) is 5.69 Å². The fourth-order valence-corrected chi connectivity index (χ4v) is 5.53. The first-order chi connectivity index (χ1) is 17.9. The third kappa shape index (κ3) is 3.91. The van der Waals surface area contributed by atoms with Crippen LogP contribution in [0.5, 0.6) is 11.5 Å². The van der Waals surface area contributed by atoms with Crippen molar-refractivity contribution in [3.63, 3.8) is 0 Å². The van der Waals surface area contributed by atoms with E-state index < -0.39 is 11.8 Å². The zero-order valence-corrected chi connectivity index (χ0v) is 21.5. The minimum Gasteiger partial charge on any atom is -0.496 e. The molecule has 1 N–H and O–H groups in total. The Bertz CT molecular complexity index is 1580. The second-order valence-corrected chi connectivity index (χ2v) is 9.82. The second kappa shape index (κ2) is 8.86. The number of likely N-dealkylation sites (N-methyl/N-ethyl adjacent to an activating group) is 1. The van der Waals surface area contributed by atoms with Crippen molar-refractivity contribution in [3.05, 3.63) is 82.4 Å². The Morgan fingerprint density at radius 2 is 1.95 bits per heavy atom. The Morgan fingerprint density at radius 1 is 1.11 bits per heavy atom. The van der Waals surface area contributed by atoms with E-state index in [0.29, 0.717) is 40.1 Å². The fraction of sp³-hybridized carbons (Fsp3) is 0.250. The van der Waals surface area contributed by atoms with Crippen LogP contribution >= 0.6 is 11.7 Å². The number of nitrogens with zero attached hydrogens (tertiary/aromatic N) is 3. The normalized spacial score (nSPS) is 19.1. The number of anilines is 1. The lowest BCUT2D eigenvalue weighted by Gasteiger charge is -2.29. The van der Waals surface area contributed by atoms with Crippen LogP contribution in [0, 0.1) is 6.92 Å². The summed E-state index contributed by atoms with van der Waals surface area (Å²) >= 11 is 1.11. The fourth-order valence-electron chi connectivity index (χ4n) is 5.01. The Labute approximate surface area is 218 Å². The van der Waals surface area contributed by atoms with Crippen molar-refractivity contribution in [2.24, 2.45) is 0 Å². The summed E-state index contributed by atoms with van der Waals surface area (Å²) in [6.45, 7) is 3.29. The lowest BCUT2D eigenvalue weighted by molar-refractivity contribution is -0.185. The summed E-state index contributed by atoms with van der Waals surface area (Å²) in [7, 11) is 3.61. The molecule has 1 aromatic heterocycles. The molecule has 2 aliphatic heterocycles. The van der Waals surface area contributed by atoms with Gasteiger partial charge in [0.05, 0.1) is 36.6 Å². The Hall–Kier alpha value is -3.95. The molecule has 0 aliphatic carbocycles. The van der Waals surface area contributed by atoms with Crippen LogP contribution in [0.25, 0.3) is 16.6 Å².